The number of nitrogens with zero attached hydrogens (tertiary/aromatic N) is 1. The van der Waals surface area contributed by atoms with Crippen LogP contribution in [0.25, 0.3) is 0 Å². The molecule has 1 aliphatic rings. The van der Waals surface area contributed by atoms with E-state index in [1.807, 2.05) is 0 Å². The van der Waals surface area contributed by atoms with Crippen LogP contribution in [0.2, 0.25) is 0 Å². The van der Waals surface area contributed by atoms with Crippen molar-refractivity contribution in [3.05, 3.63) is 24.2 Å². The van der Waals surface area contributed by atoms with Gasteiger partial charge >= 0.3 is 0 Å². The summed E-state index contributed by atoms with van der Waals surface area (Å²) in [5, 5.41) is 2.95. The number of amides is 2. The van der Waals surface area contributed by atoms with E-state index in [1.165, 1.54) is 12.5 Å². The zero-order valence-electron chi connectivity index (χ0n) is 11.9. The maximum absolute atomic E-state index is 12.2. The minimum absolute atomic E-state index is 0.0511. The van der Waals surface area contributed by atoms with Crippen LogP contribution in [0.4, 0.5) is 0 Å². The molecule has 0 saturated carbocycles. The van der Waals surface area contributed by atoms with Crippen molar-refractivity contribution < 1.29 is 14.0 Å². The maximum Gasteiger partial charge on any atom is 0.257 e. The molecule has 2 heterocycles. The normalized spacial score (nSPS) is 18.9. The van der Waals surface area contributed by atoms with Crippen LogP contribution >= 0.6 is 0 Å². The first-order chi connectivity index (χ1) is 9.72. The largest absolute Gasteiger partial charge is 0.472 e. The average molecular weight is 278 g/mol. The highest BCUT2D eigenvalue weighted by Gasteiger charge is 2.28. The molecule has 0 radical (unpaired) electrons. The third-order valence-corrected chi connectivity index (χ3v) is 3.68. The molecule has 0 spiro atoms. The van der Waals surface area contributed by atoms with E-state index in [0.717, 1.165) is 32.2 Å². The fourth-order valence-corrected chi connectivity index (χ4v) is 2.48. The molecule has 20 heavy (non-hydrogen) atoms. The highest BCUT2D eigenvalue weighted by Crippen LogP contribution is 2.19. The number of carbonyl (C=O) groups excluding carboxylic acids is 2. The number of nitrogens with one attached hydrogen (secondary N) is 1. The first-order valence-electron chi connectivity index (χ1n) is 7.31. The van der Waals surface area contributed by atoms with Gasteiger partial charge in [-0.25, -0.2) is 0 Å². The van der Waals surface area contributed by atoms with E-state index in [9.17, 15) is 9.59 Å². The molecule has 1 aromatic heterocycles. The zero-order chi connectivity index (χ0) is 14.4. The molecule has 2 amide bonds. The van der Waals surface area contributed by atoms with E-state index in [0.29, 0.717) is 18.7 Å². The molecule has 1 atom stereocenters. The smallest absolute Gasteiger partial charge is 0.257 e. The second-order valence-corrected chi connectivity index (χ2v) is 5.25. The van der Waals surface area contributed by atoms with Gasteiger partial charge in [0.15, 0.2) is 0 Å². The lowest BCUT2D eigenvalue weighted by Crippen LogP contribution is -2.45. The van der Waals surface area contributed by atoms with Crippen molar-refractivity contribution >= 4 is 11.8 Å². The average Bonchev–Trinajstić information content (AvgIpc) is 3.01. The topological polar surface area (TPSA) is 62.6 Å². The van der Waals surface area contributed by atoms with Crippen LogP contribution < -0.4 is 5.32 Å². The van der Waals surface area contributed by atoms with Crippen molar-refractivity contribution in [2.75, 3.05) is 19.6 Å². The Bertz CT molecular complexity index is 442. The number of unbranched alkanes of at least 4 members (excludes halogenated alkanes) is 1. The van der Waals surface area contributed by atoms with Gasteiger partial charge in [-0.1, -0.05) is 13.3 Å². The molecule has 0 aliphatic carbocycles. The fraction of sp³-hybridized carbons (Fsp3) is 0.600. The number of furan rings is 1. The van der Waals surface area contributed by atoms with Crippen LogP contribution in [0.15, 0.2) is 23.0 Å². The lowest BCUT2D eigenvalue weighted by atomic mass is 9.96. The minimum atomic E-state index is -0.0866. The lowest BCUT2D eigenvalue weighted by Gasteiger charge is -2.31. The lowest BCUT2D eigenvalue weighted by molar-refractivity contribution is -0.126. The van der Waals surface area contributed by atoms with Gasteiger partial charge in [-0.15, -0.1) is 0 Å². The van der Waals surface area contributed by atoms with Crippen LogP contribution in [-0.4, -0.2) is 36.3 Å². The summed E-state index contributed by atoms with van der Waals surface area (Å²) in [6.07, 6.45) is 6.73. The second-order valence-electron chi connectivity index (χ2n) is 5.25. The van der Waals surface area contributed by atoms with Crippen molar-refractivity contribution in [3.8, 4) is 0 Å². The molecular formula is C15H22N2O3. The molecule has 1 N–H and O–H groups in total. The number of likely N-dealkylation sites (tertiary alicyclic amines) is 1. The summed E-state index contributed by atoms with van der Waals surface area (Å²) in [6, 6.07) is 1.66. The Balaban J connectivity index is 1.88. The van der Waals surface area contributed by atoms with Gasteiger partial charge in [0.2, 0.25) is 5.91 Å². The van der Waals surface area contributed by atoms with Gasteiger partial charge in [-0.2, -0.15) is 0 Å². The summed E-state index contributed by atoms with van der Waals surface area (Å²) < 4.78 is 4.94. The minimum Gasteiger partial charge on any atom is -0.472 e. The molecule has 110 valence electrons. The number of hydrogen-bond acceptors (Lipinski definition) is 3. The van der Waals surface area contributed by atoms with Gasteiger partial charge in [0.25, 0.3) is 5.91 Å². The van der Waals surface area contributed by atoms with Gasteiger partial charge in [0.05, 0.1) is 17.7 Å². The van der Waals surface area contributed by atoms with Gasteiger partial charge in [-0.3, -0.25) is 9.59 Å². The predicted octanol–water partition coefficient (Wildman–Crippen LogP) is 2.05. The predicted molar refractivity (Wildman–Crippen MR) is 75.3 cm³/mol. The molecule has 0 bridgehead atoms. The third-order valence-electron chi connectivity index (χ3n) is 3.68. The van der Waals surface area contributed by atoms with Gasteiger partial charge in [0, 0.05) is 19.6 Å². The summed E-state index contributed by atoms with van der Waals surface area (Å²) in [5.41, 5.74) is 0.553. The van der Waals surface area contributed by atoms with Crippen LogP contribution in [0.5, 0.6) is 0 Å². The van der Waals surface area contributed by atoms with E-state index >= 15 is 0 Å². The summed E-state index contributed by atoms with van der Waals surface area (Å²) in [7, 11) is 0. The van der Waals surface area contributed by atoms with Crippen molar-refractivity contribution in [3.63, 3.8) is 0 Å². The first kappa shape index (κ1) is 14.6. The summed E-state index contributed by atoms with van der Waals surface area (Å²) >= 11 is 0. The Labute approximate surface area is 119 Å². The van der Waals surface area contributed by atoms with Gasteiger partial charge in [-0.05, 0) is 25.3 Å². The maximum atomic E-state index is 12.2. The molecule has 1 aliphatic heterocycles. The van der Waals surface area contributed by atoms with E-state index in [4.69, 9.17) is 4.42 Å². The first-order valence-corrected chi connectivity index (χ1v) is 7.31. The monoisotopic (exact) mass is 278 g/mol. The Morgan fingerprint density at radius 1 is 1.50 bits per heavy atom. The van der Waals surface area contributed by atoms with Crippen molar-refractivity contribution in [2.24, 2.45) is 5.92 Å². The zero-order valence-corrected chi connectivity index (χ0v) is 11.9. The van der Waals surface area contributed by atoms with Gasteiger partial charge in [0.1, 0.15) is 6.26 Å². The SMILES string of the molecule is CCCCNC(=O)[C@@H]1CCCN(C(=O)c2ccoc2)C1. The fourth-order valence-electron chi connectivity index (χ4n) is 2.48. The van der Waals surface area contributed by atoms with E-state index < -0.39 is 0 Å². The molecule has 1 aromatic rings. The summed E-state index contributed by atoms with van der Waals surface area (Å²) in [5.74, 6) is -0.0654. The molecule has 2 rings (SSSR count). The van der Waals surface area contributed by atoms with Crippen molar-refractivity contribution in [2.45, 2.75) is 32.6 Å². The highest BCUT2D eigenvalue weighted by atomic mass is 16.3. The molecule has 1 fully saturated rings. The Kier molecular flexibility index (Phi) is 5.21. The molecule has 5 nitrogen and oxygen atoms in total. The number of carbonyl (C=O) groups is 2. The summed E-state index contributed by atoms with van der Waals surface area (Å²) in [6.45, 7) is 4.03. The standard InChI is InChI=1S/C15H22N2O3/c1-2-3-7-16-14(18)12-5-4-8-17(10-12)15(19)13-6-9-20-11-13/h6,9,11-12H,2-5,7-8,10H2,1H3,(H,16,18)/t12-/m1/s1. The Morgan fingerprint density at radius 3 is 3.05 bits per heavy atom. The molecule has 0 unspecified atom stereocenters. The van der Waals surface area contributed by atoms with Crippen molar-refractivity contribution in [1.29, 1.82) is 0 Å². The van der Waals surface area contributed by atoms with Crippen LogP contribution in [0.1, 0.15) is 43.0 Å². The number of piperidine rings is 1. The van der Waals surface area contributed by atoms with Gasteiger partial charge < -0.3 is 14.6 Å². The Hall–Kier alpha value is -1.78. The second kappa shape index (κ2) is 7.12. The Morgan fingerprint density at radius 2 is 2.35 bits per heavy atom. The van der Waals surface area contributed by atoms with Crippen LogP contribution in [-0.2, 0) is 4.79 Å². The van der Waals surface area contributed by atoms with E-state index in [1.54, 1.807) is 11.0 Å². The summed E-state index contributed by atoms with van der Waals surface area (Å²) in [4.78, 5) is 26.0. The van der Waals surface area contributed by atoms with Crippen LogP contribution in [0.3, 0.4) is 0 Å². The number of rotatable bonds is 5. The third kappa shape index (κ3) is 3.62. The molecular weight excluding hydrogens is 256 g/mol. The molecule has 5 heteroatoms. The van der Waals surface area contributed by atoms with E-state index in [2.05, 4.69) is 12.2 Å². The highest BCUT2D eigenvalue weighted by molar-refractivity contribution is 5.94. The van der Waals surface area contributed by atoms with Crippen LogP contribution in [0, 0.1) is 5.92 Å². The van der Waals surface area contributed by atoms with E-state index in [-0.39, 0.29) is 17.7 Å². The van der Waals surface area contributed by atoms with Crippen molar-refractivity contribution in [1.82, 2.24) is 10.2 Å². The quantitative estimate of drug-likeness (QED) is 0.838. The molecule has 0 aromatic carbocycles. The number of hydrogen-bond donors (Lipinski definition) is 1. The molecule has 1 saturated heterocycles.